The second kappa shape index (κ2) is 5.80. The zero-order chi connectivity index (χ0) is 14.0. The summed E-state index contributed by atoms with van der Waals surface area (Å²) in [7, 11) is 0. The van der Waals surface area contributed by atoms with Crippen molar-refractivity contribution in [3.05, 3.63) is 34.9 Å². The molecule has 1 saturated heterocycles. The molecular formula is C15H22ClNO2. The van der Waals surface area contributed by atoms with Crippen LogP contribution in [0.5, 0.6) is 0 Å². The molecular weight excluding hydrogens is 262 g/mol. The Bertz CT molecular complexity index is 430. The first-order chi connectivity index (χ1) is 8.89. The normalized spacial score (nSPS) is 22.7. The molecule has 1 aromatic rings. The van der Waals surface area contributed by atoms with E-state index in [-0.39, 0.29) is 6.04 Å². The SMILES string of the molecule is CC(C)(O)C1CCCN1CC(O)c1ccccc1Cl. The molecule has 106 valence electrons. The molecule has 2 N–H and O–H groups in total. The molecule has 19 heavy (non-hydrogen) atoms. The third kappa shape index (κ3) is 3.48. The van der Waals surface area contributed by atoms with E-state index < -0.39 is 11.7 Å². The molecule has 0 amide bonds. The summed E-state index contributed by atoms with van der Waals surface area (Å²) in [5, 5.41) is 21.1. The predicted octanol–water partition coefficient (Wildman–Crippen LogP) is 2.61. The standard InChI is InChI=1S/C15H22ClNO2/c1-15(2,19)14-8-5-9-17(14)10-13(18)11-6-3-4-7-12(11)16/h3-4,6-7,13-14,18-19H,5,8-10H2,1-2H3. The molecule has 1 aliphatic rings. The summed E-state index contributed by atoms with van der Waals surface area (Å²) in [5.74, 6) is 0. The van der Waals surface area contributed by atoms with Crippen LogP contribution in [0.1, 0.15) is 38.4 Å². The summed E-state index contributed by atoms with van der Waals surface area (Å²) in [6.45, 7) is 5.09. The Morgan fingerprint density at radius 2 is 2.11 bits per heavy atom. The smallest absolute Gasteiger partial charge is 0.0931 e. The van der Waals surface area contributed by atoms with Gasteiger partial charge in [0.2, 0.25) is 0 Å². The van der Waals surface area contributed by atoms with E-state index in [2.05, 4.69) is 4.90 Å². The number of likely N-dealkylation sites (tertiary alicyclic amines) is 1. The van der Waals surface area contributed by atoms with Crippen LogP contribution in [-0.4, -0.2) is 39.8 Å². The Labute approximate surface area is 119 Å². The van der Waals surface area contributed by atoms with Crippen LogP contribution in [0.15, 0.2) is 24.3 Å². The minimum Gasteiger partial charge on any atom is -0.389 e. The topological polar surface area (TPSA) is 43.7 Å². The molecule has 3 nitrogen and oxygen atoms in total. The number of rotatable bonds is 4. The van der Waals surface area contributed by atoms with Gasteiger partial charge in [-0.15, -0.1) is 0 Å². The molecule has 4 heteroatoms. The maximum absolute atomic E-state index is 10.3. The van der Waals surface area contributed by atoms with Crippen molar-refractivity contribution in [2.45, 2.75) is 44.4 Å². The summed E-state index contributed by atoms with van der Waals surface area (Å²) in [6, 6.07) is 7.47. The Morgan fingerprint density at radius 3 is 2.74 bits per heavy atom. The molecule has 1 aromatic carbocycles. The molecule has 1 fully saturated rings. The Hall–Kier alpha value is -0.610. The first-order valence-electron chi connectivity index (χ1n) is 6.78. The summed E-state index contributed by atoms with van der Waals surface area (Å²) in [5.41, 5.74) is 0.0158. The minimum absolute atomic E-state index is 0.102. The van der Waals surface area contributed by atoms with Crippen molar-refractivity contribution in [3.63, 3.8) is 0 Å². The Balaban J connectivity index is 2.07. The molecule has 2 rings (SSSR count). The third-order valence-electron chi connectivity index (χ3n) is 3.85. The maximum Gasteiger partial charge on any atom is 0.0931 e. The predicted molar refractivity (Wildman–Crippen MR) is 77.3 cm³/mol. The van der Waals surface area contributed by atoms with Gasteiger partial charge in [0.15, 0.2) is 0 Å². The summed E-state index contributed by atoms with van der Waals surface area (Å²) < 4.78 is 0. The van der Waals surface area contributed by atoms with Crippen molar-refractivity contribution >= 4 is 11.6 Å². The van der Waals surface area contributed by atoms with Gasteiger partial charge in [-0.1, -0.05) is 29.8 Å². The number of halogens is 1. The quantitative estimate of drug-likeness (QED) is 0.893. The van der Waals surface area contributed by atoms with Gasteiger partial charge < -0.3 is 10.2 Å². The number of benzene rings is 1. The second-order valence-corrected chi connectivity index (χ2v) is 6.25. The summed E-state index contributed by atoms with van der Waals surface area (Å²) in [4.78, 5) is 2.16. The van der Waals surface area contributed by atoms with E-state index >= 15 is 0 Å². The van der Waals surface area contributed by atoms with Crippen molar-refractivity contribution in [2.75, 3.05) is 13.1 Å². The highest BCUT2D eigenvalue weighted by Crippen LogP contribution is 2.30. The maximum atomic E-state index is 10.3. The van der Waals surface area contributed by atoms with Gasteiger partial charge in [0.05, 0.1) is 11.7 Å². The van der Waals surface area contributed by atoms with Gasteiger partial charge in [-0.2, -0.15) is 0 Å². The molecule has 0 radical (unpaired) electrons. The fourth-order valence-electron chi connectivity index (χ4n) is 2.91. The monoisotopic (exact) mass is 283 g/mol. The van der Waals surface area contributed by atoms with Gasteiger partial charge >= 0.3 is 0 Å². The van der Waals surface area contributed by atoms with Crippen molar-refractivity contribution in [2.24, 2.45) is 0 Å². The summed E-state index contributed by atoms with van der Waals surface area (Å²) in [6.07, 6.45) is 1.42. The number of hydrogen-bond donors (Lipinski definition) is 2. The lowest BCUT2D eigenvalue weighted by atomic mass is 9.96. The van der Waals surface area contributed by atoms with Gasteiger partial charge in [-0.3, -0.25) is 4.90 Å². The van der Waals surface area contributed by atoms with Crippen molar-refractivity contribution in [1.29, 1.82) is 0 Å². The average molecular weight is 284 g/mol. The zero-order valence-corrected chi connectivity index (χ0v) is 12.3. The fraction of sp³-hybridized carbons (Fsp3) is 0.600. The van der Waals surface area contributed by atoms with E-state index in [9.17, 15) is 10.2 Å². The number of nitrogens with zero attached hydrogens (tertiary/aromatic N) is 1. The van der Waals surface area contributed by atoms with E-state index in [4.69, 9.17) is 11.6 Å². The minimum atomic E-state index is -0.739. The molecule has 0 spiro atoms. The van der Waals surface area contributed by atoms with Crippen LogP contribution in [0.2, 0.25) is 5.02 Å². The van der Waals surface area contributed by atoms with Crippen LogP contribution in [0.25, 0.3) is 0 Å². The Morgan fingerprint density at radius 1 is 1.42 bits per heavy atom. The average Bonchev–Trinajstić information content (AvgIpc) is 2.77. The number of aliphatic hydroxyl groups is 2. The van der Waals surface area contributed by atoms with E-state index in [1.807, 2.05) is 32.0 Å². The lowest BCUT2D eigenvalue weighted by Crippen LogP contribution is -2.46. The third-order valence-corrected chi connectivity index (χ3v) is 4.20. The van der Waals surface area contributed by atoms with Crippen molar-refractivity contribution < 1.29 is 10.2 Å². The van der Waals surface area contributed by atoms with E-state index in [1.165, 1.54) is 0 Å². The van der Waals surface area contributed by atoms with E-state index in [0.29, 0.717) is 11.6 Å². The first kappa shape index (κ1) is 14.8. The zero-order valence-electron chi connectivity index (χ0n) is 11.5. The van der Waals surface area contributed by atoms with E-state index in [0.717, 1.165) is 24.9 Å². The van der Waals surface area contributed by atoms with Gasteiger partial charge in [0, 0.05) is 23.2 Å². The second-order valence-electron chi connectivity index (χ2n) is 5.84. The van der Waals surface area contributed by atoms with Crippen molar-refractivity contribution in [3.8, 4) is 0 Å². The van der Waals surface area contributed by atoms with Crippen LogP contribution in [0.4, 0.5) is 0 Å². The van der Waals surface area contributed by atoms with Crippen LogP contribution >= 0.6 is 11.6 Å². The molecule has 2 atom stereocenters. The number of aliphatic hydroxyl groups excluding tert-OH is 1. The van der Waals surface area contributed by atoms with Gasteiger partial charge in [-0.05, 0) is 39.3 Å². The summed E-state index contributed by atoms with van der Waals surface area (Å²) >= 11 is 6.10. The van der Waals surface area contributed by atoms with Crippen LogP contribution in [0.3, 0.4) is 0 Å². The largest absolute Gasteiger partial charge is 0.389 e. The molecule has 2 unspecified atom stereocenters. The van der Waals surface area contributed by atoms with Crippen LogP contribution in [0, 0.1) is 0 Å². The molecule has 0 aromatic heterocycles. The first-order valence-corrected chi connectivity index (χ1v) is 7.16. The molecule has 1 aliphatic heterocycles. The van der Waals surface area contributed by atoms with Crippen LogP contribution < -0.4 is 0 Å². The highest BCUT2D eigenvalue weighted by molar-refractivity contribution is 6.31. The lowest BCUT2D eigenvalue weighted by Gasteiger charge is -2.35. The number of β-amino-alcohol motifs (C(OH)–C–C–N with tert-alkyl or cyclic N) is 1. The molecule has 0 bridgehead atoms. The van der Waals surface area contributed by atoms with Gasteiger partial charge in [-0.25, -0.2) is 0 Å². The molecule has 0 aliphatic carbocycles. The number of hydrogen-bond acceptors (Lipinski definition) is 3. The highest BCUT2D eigenvalue weighted by Gasteiger charge is 2.36. The van der Waals surface area contributed by atoms with Gasteiger partial charge in [0.1, 0.15) is 0 Å². The Kier molecular flexibility index (Phi) is 4.51. The lowest BCUT2D eigenvalue weighted by molar-refractivity contribution is -0.0160. The molecule has 0 saturated carbocycles. The van der Waals surface area contributed by atoms with Crippen LogP contribution in [-0.2, 0) is 0 Å². The van der Waals surface area contributed by atoms with Gasteiger partial charge in [0.25, 0.3) is 0 Å². The highest BCUT2D eigenvalue weighted by atomic mass is 35.5. The van der Waals surface area contributed by atoms with E-state index in [1.54, 1.807) is 6.07 Å². The fourth-order valence-corrected chi connectivity index (χ4v) is 3.17. The molecule has 1 heterocycles. The van der Waals surface area contributed by atoms with Crippen molar-refractivity contribution in [1.82, 2.24) is 4.90 Å².